The van der Waals surface area contributed by atoms with Crippen LogP contribution in [-0.4, -0.2) is 46.9 Å². The summed E-state index contributed by atoms with van der Waals surface area (Å²) >= 11 is 0. The van der Waals surface area contributed by atoms with Gasteiger partial charge < -0.3 is 15.2 Å². The molecule has 1 saturated heterocycles. The van der Waals surface area contributed by atoms with Crippen LogP contribution in [0.4, 0.5) is 9.59 Å². The largest absolute Gasteiger partial charge is 0.534 e. The summed E-state index contributed by atoms with van der Waals surface area (Å²) in [5, 5.41) is 10.7. The van der Waals surface area contributed by atoms with Crippen molar-refractivity contribution in [1.82, 2.24) is 10.4 Å². The predicted molar refractivity (Wildman–Crippen MR) is 54.1 cm³/mol. The van der Waals surface area contributed by atoms with Gasteiger partial charge in [-0.3, -0.25) is 14.4 Å². The highest BCUT2D eigenvalue weighted by Crippen LogP contribution is 2.12. The zero-order valence-corrected chi connectivity index (χ0v) is 9.54. The van der Waals surface area contributed by atoms with E-state index < -0.39 is 30.2 Å². The molecular formula is C9H12N2O7. The van der Waals surface area contributed by atoms with Crippen molar-refractivity contribution in [1.29, 1.82) is 0 Å². The van der Waals surface area contributed by atoms with Crippen LogP contribution in [0.5, 0.6) is 0 Å². The second kappa shape index (κ2) is 5.84. The van der Waals surface area contributed by atoms with Gasteiger partial charge in [-0.15, -0.1) is 0 Å². The number of carbonyl (C=O) groups excluding carboxylic acids is 3. The molecule has 18 heavy (non-hydrogen) atoms. The Morgan fingerprint density at radius 1 is 1.39 bits per heavy atom. The van der Waals surface area contributed by atoms with Gasteiger partial charge in [-0.1, -0.05) is 5.06 Å². The molecule has 100 valence electrons. The minimum atomic E-state index is -1.26. The van der Waals surface area contributed by atoms with E-state index >= 15 is 0 Å². The Hall–Kier alpha value is -2.32. The highest BCUT2D eigenvalue weighted by molar-refractivity contribution is 6.01. The Labute approximate surface area is 102 Å². The molecule has 1 aliphatic heterocycles. The third kappa shape index (κ3) is 3.92. The van der Waals surface area contributed by atoms with Crippen LogP contribution >= 0.6 is 0 Å². The normalized spacial score (nSPS) is 16.4. The van der Waals surface area contributed by atoms with Gasteiger partial charge in [0.05, 0.1) is 6.54 Å². The van der Waals surface area contributed by atoms with E-state index in [9.17, 15) is 19.2 Å². The highest BCUT2D eigenvalue weighted by Gasteiger charge is 2.33. The maximum absolute atomic E-state index is 11.2. The lowest BCUT2D eigenvalue weighted by Gasteiger charge is -2.15. The minimum Gasteiger partial charge on any atom is -0.465 e. The van der Waals surface area contributed by atoms with E-state index in [1.54, 1.807) is 0 Å². The molecule has 9 nitrogen and oxygen atoms in total. The summed E-state index contributed by atoms with van der Waals surface area (Å²) in [6.45, 7) is 1.29. The maximum atomic E-state index is 11.2. The number of ether oxygens (including phenoxy) is 1. The molecule has 3 amide bonds. The molecule has 0 radical (unpaired) electrons. The van der Waals surface area contributed by atoms with Crippen LogP contribution < -0.4 is 5.32 Å². The summed E-state index contributed by atoms with van der Waals surface area (Å²) in [4.78, 5) is 48.0. The van der Waals surface area contributed by atoms with E-state index in [0.717, 1.165) is 0 Å². The third-order valence-electron chi connectivity index (χ3n) is 2.01. The number of amides is 3. The lowest BCUT2D eigenvalue weighted by Crippen LogP contribution is -2.36. The van der Waals surface area contributed by atoms with Crippen LogP contribution in [0, 0.1) is 0 Å². The van der Waals surface area contributed by atoms with E-state index in [1.807, 2.05) is 5.32 Å². The SMILES string of the molecule is CC(CNC(=O)O)OC(=O)ON1C(=O)CCC1=O. The summed E-state index contributed by atoms with van der Waals surface area (Å²) in [5.41, 5.74) is 0. The van der Waals surface area contributed by atoms with E-state index in [1.165, 1.54) is 6.92 Å². The summed E-state index contributed by atoms with van der Waals surface area (Å²) in [5.74, 6) is -1.23. The van der Waals surface area contributed by atoms with Crippen molar-refractivity contribution in [3.63, 3.8) is 0 Å². The maximum Gasteiger partial charge on any atom is 0.534 e. The van der Waals surface area contributed by atoms with Gasteiger partial charge in [0.1, 0.15) is 6.10 Å². The molecule has 9 heteroatoms. The van der Waals surface area contributed by atoms with Crippen LogP contribution in [0.15, 0.2) is 0 Å². The van der Waals surface area contributed by atoms with E-state index in [4.69, 9.17) is 5.11 Å². The summed E-state index contributed by atoms with van der Waals surface area (Å²) in [7, 11) is 0. The summed E-state index contributed by atoms with van der Waals surface area (Å²) in [6.07, 6.45) is -3.31. The molecule has 0 saturated carbocycles. The second-order valence-corrected chi connectivity index (χ2v) is 3.54. The number of carboxylic acid groups (broad SMARTS) is 1. The molecule has 0 bridgehead atoms. The Kier molecular flexibility index (Phi) is 4.46. The first-order valence-electron chi connectivity index (χ1n) is 5.11. The molecule has 1 fully saturated rings. The molecule has 1 atom stereocenters. The first-order valence-corrected chi connectivity index (χ1v) is 5.11. The Bertz CT molecular complexity index is 365. The quantitative estimate of drug-likeness (QED) is 0.532. The molecule has 1 rings (SSSR count). The number of nitrogens with one attached hydrogen (secondary N) is 1. The van der Waals surface area contributed by atoms with Crippen LogP contribution in [0.25, 0.3) is 0 Å². The molecule has 1 heterocycles. The molecule has 1 aliphatic rings. The number of rotatable bonds is 4. The molecule has 0 aromatic heterocycles. The summed E-state index contributed by atoms with van der Waals surface area (Å²) in [6, 6.07) is 0. The van der Waals surface area contributed by atoms with Gasteiger partial charge in [-0.05, 0) is 6.92 Å². The highest BCUT2D eigenvalue weighted by atomic mass is 16.8. The lowest BCUT2D eigenvalue weighted by molar-refractivity contribution is -0.178. The number of imide groups is 1. The Morgan fingerprint density at radius 2 is 1.94 bits per heavy atom. The van der Waals surface area contributed by atoms with Crippen LogP contribution in [0.3, 0.4) is 0 Å². The molecule has 0 spiro atoms. The average Bonchev–Trinajstić information content (AvgIpc) is 2.58. The van der Waals surface area contributed by atoms with E-state index in [2.05, 4.69) is 9.57 Å². The Morgan fingerprint density at radius 3 is 2.44 bits per heavy atom. The Balaban J connectivity index is 2.35. The predicted octanol–water partition coefficient (Wildman–Crippen LogP) is -0.140. The van der Waals surface area contributed by atoms with Crippen molar-refractivity contribution in [2.75, 3.05) is 6.54 Å². The molecular weight excluding hydrogens is 248 g/mol. The van der Waals surface area contributed by atoms with Crippen molar-refractivity contribution >= 4 is 24.1 Å². The number of hydrogen-bond donors (Lipinski definition) is 2. The van der Waals surface area contributed by atoms with E-state index in [-0.39, 0.29) is 19.4 Å². The van der Waals surface area contributed by atoms with Crippen LogP contribution in [0.1, 0.15) is 19.8 Å². The van der Waals surface area contributed by atoms with Gasteiger partial charge in [0.2, 0.25) is 0 Å². The zero-order chi connectivity index (χ0) is 13.7. The van der Waals surface area contributed by atoms with Crippen molar-refractivity contribution in [3.8, 4) is 0 Å². The van der Waals surface area contributed by atoms with Gasteiger partial charge in [-0.2, -0.15) is 0 Å². The fraction of sp³-hybridized carbons (Fsp3) is 0.556. The standard InChI is InChI=1S/C9H12N2O7/c1-5(4-10-8(14)15)17-9(16)18-11-6(12)2-3-7(11)13/h5,10H,2-4H2,1H3,(H,14,15). The van der Waals surface area contributed by atoms with Crippen molar-refractivity contribution in [2.45, 2.75) is 25.9 Å². The average molecular weight is 260 g/mol. The second-order valence-electron chi connectivity index (χ2n) is 3.54. The fourth-order valence-corrected chi connectivity index (χ4v) is 1.19. The summed E-state index contributed by atoms with van der Waals surface area (Å²) < 4.78 is 4.63. The third-order valence-corrected chi connectivity index (χ3v) is 2.01. The molecule has 0 aliphatic carbocycles. The van der Waals surface area contributed by atoms with Crippen LogP contribution in [-0.2, 0) is 19.2 Å². The van der Waals surface area contributed by atoms with Gasteiger partial charge in [0.15, 0.2) is 0 Å². The van der Waals surface area contributed by atoms with E-state index in [0.29, 0.717) is 5.06 Å². The topological polar surface area (TPSA) is 122 Å². The van der Waals surface area contributed by atoms with Crippen LogP contribution in [0.2, 0.25) is 0 Å². The zero-order valence-electron chi connectivity index (χ0n) is 9.54. The van der Waals surface area contributed by atoms with Crippen molar-refractivity contribution < 1.29 is 33.9 Å². The lowest BCUT2D eigenvalue weighted by atomic mass is 10.4. The molecule has 1 unspecified atom stereocenters. The smallest absolute Gasteiger partial charge is 0.465 e. The number of nitrogens with zero attached hydrogens (tertiary/aromatic N) is 1. The van der Waals surface area contributed by atoms with Gasteiger partial charge in [-0.25, -0.2) is 9.59 Å². The van der Waals surface area contributed by atoms with Gasteiger partial charge >= 0.3 is 12.2 Å². The molecule has 0 aromatic carbocycles. The number of carbonyl (C=O) groups is 4. The first-order chi connectivity index (χ1) is 8.40. The number of hydrogen-bond acceptors (Lipinski definition) is 6. The first kappa shape index (κ1) is 13.7. The fourth-order valence-electron chi connectivity index (χ4n) is 1.19. The van der Waals surface area contributed by atoms with Crippen molar-refractivity contribution in [3.05, 3.63) is 0 Å². The number of hydroxylamine groups is 2. The minimum absolute atomic E-state index is 0.0117. The monoisotopic (exact) mass is 260 g/mol. The van der Waals surface area contributed by atoms with Gasteiger partial charge in [0, 0.05) is 12.8 Å². The van der Waals surface area contributed by atoms with Crippen molar-refractivity contribution in [2.24, 2.45) is 0 Å². The van der Waals surface area contributed by atoms with Gasteiger partial charge in [0.25, 0.3) is 11.8 Å². The molecule has 2 N–H and O–H groups in total. The molecule has 0 aromatic rings.